The maximum absolute atomic E-state index is 5.86. The van der Waals surface area contributed by atoms with Gasteiger partial charge in [-0.05, 0) is 70.7 Å². The number of nitrogen functional groups attached to an aromatic ring is 1. The van der Waals surface area contributed by atoms with Crippen molar-refractivity contribution in [3.05, 3.63) is 98.5 Å². The Hall–Kier alpha value is -2.29. The Balaban J connectivity index is 0.000000181. The summed E-state index contributed by atoms with van der Waals surface area (Å²) in [6, 6.07) is 14.7. The smallest absolute Gasteiger partial charge is 0.226 e. The first-order valence-electron chi connectivity index (χ1n) is 8.41. The topological polar surface area (TPSA) is 103 Å². The highest BCUT2D eigenvalue weighted by Gasteiger charge is 2.01. The molecule has 0 bridgehead atoms. The maximum atomic E-state index is 5.86. The molecule has 0 unspecified atom stereocenters. The van der Waals surface area contributed by atoms with Gasteiger partial charge in [-0.3, -0.25) is 0 Å². The molecule has 4 rings (SSSR count). The zero-order valence-corrected chi connectivity index (χ0v) is 19.4. The van der Waals surface area contributed by atoms with Crippen LogP contribution in [0, 0.1) is 0 Å². The van der Waals surface area contributed by atoms with Gasteiger partial charge in [-0.2, -0.15) is 4.98 Å². The molecule has 12 heteroatoms. The fourth-order valence-electron chi connectivity index (χ4n) is 1.99. The summed E-state index contributed by atoms with van der Waals surface area (Å²) in [5.74, 6) is 0.636. The monoisotopic (exact) mass is 515 g/mol. The van der Waals surface area contributed by atoms with Gasteiger partial charge in [0, 0.05) is 22.2 Å². The van der Waals surface area contributed by atoms with E-state index >= 15 is 0 Å². The van der Waals surface area contributed by atoms with E-state index in [0.717, 1.165) is 5.56 Å². The van der Waals surface area contributed by atoms with Crippen LogP contribution in [0.1, 0.15) is 11.4 Å². The largest absolute Gasteiger partial charge is 0.399 e. The van der Waals surface area contributed by atoms with Gasteiger partial charge in [0.05, 0.1) is 0 Å². The Morgan fingerprint density at radius 1 is 0.645 bits per heavy atom. The lowest BCUT2D eigenvalue weighted by Crippen LogP contribution is -1.97. The summed E-state index contributed by atoms with van der Waals surface area (Å²) in [5.41, 5.74) is 7.13. The van der Waals surface area contributed by atoms with Crippen molar-refractivity contribution < 1.29 is 0 Å². The summed E-state index contributed by atoms with van der Waals surface area (Å²) in [7, 11) is 0. The van der Waals surface area contributed by atoms with Crippen molar-refractivity contribution in [2.75, 3.05) is 5.73 Å². The van der Waals surface area contributed by atoms with Crippen molar-refractivity contribution in [1.29, 1.82) is 0 Å². The van der Waals surface area contributed by atoms with E-state index in [1.165, 1.54) is 12.7 Å². The first-order valence-corrected chi connectivity index (χ1v) is 10.3. The molecule has 4 aromatic rings. The number of hydrogen-bond acceptors (Lipinski definition) is 7. The van der Waals surface area contributed by atoms with Crippen molar-refractivity contribution >= 4 is 63.7 Å². The van der Waals surface area contributed by atoms with Gasteiger partial charge in [-0.1, -0.05) is 41.4 Å². The Labute approximate surface area is 203 Å². The molecule has 0 amide bonds. The van der Waals surface area contributed by atoms with E-state index in [0.29, 0.717) is 28.0 Å². The van der Waals surface area contributed by atoms with Crippen LogP contribution in [0.4, 0.5) is 5.69 Å². The van der Waals surface area contributed by atoms with E-state index < -0.39 is 0 Å². The van der Waals surface area contributed by atoms with E-state index in [2.05, 4.69) is 29.9 Å². The molecule has 0 fully saturated rings. The van der Waals surface area contributed by atoms with E-state index in [9.17, 15) is 0 Å². The SMILES string of the molecule is Clc1cccc(Cc2ncnc(Cl)n2)c1.Clc1ncnc(Cl)n1.Nc1cccc(Cl)c1. The maximum Gasteiger partial charge on any atom is 0.226 e. The van der Waals surface area contributed by atoms with Crippen LogP contribution in [0.15, 0.2) is 61.2 Å². The van der Waals surface area contributed by atoms with Gasteiger partial charge < -0.3 is 5.73 Å². The van der Waals surface area contributed by atoms with Crippen LogP contribution < -0.4 is 5.73 Å². The van der Waals surface area contributed by atoms with E-state index in [1.54, 1.807) is 18.2 Å². The Bertz CT molecular complexity index is 992. The summed E-state index contributed by atoms with van der Waals surface area (Å²) in [4.78, 5) is 22.2. The molecule has 0 aliphatic heterocycles. The van der Waals surface area contributed by atoms with Crippen molar-refractivity contribution in [3.63, 3.8) is 0 Å². The summed E-state index contributed by atoms with van der Waals surface area (Å²) in [5, 5.41) is 1.83. The van der Waals surface area contributed by atoms with Gasteiger partial charge in [-0.15, -0.1) is 0 Å². The van der Waals surface area contributed by atoms with Crippen LogP contribution in [0.25, 0.3) is 0 Å². The third-order valence-corrected chi connectivity index (χ3v) is 4.22. The van der Waals surface area contributed by atoms with Crippen LogP contribution >= 0.6 is 58.0 Å². The average molecular weight is 518 g/mol. The number of halogens is 5. The molecule has 0 saturated heterocycles. The highest BCUT2D eigenvalue weighted by atomic mass is 35.5. The number of aromatic nitrogens is 6. The van der Waals surface area contributed by atoms with Crippen LogP contribution in [0.3, 0.4) is 0 Å². The van der Waals surface area contributed by atoms with E-state index in [1.807, 2.05) is 30.3 Å². The second-order valence-corrected chi connectivity index (χ2v) is 7.44. The third-order valence-electron chi connectivity index (χ3n) is 3.21. The zero-order chi connectivity index (χ0) is 22.6. The van der Waals surface area contributed by atoms with Gasteiger partial charge >= 0.3 is 0 Å². The lowest BCUT2D eigenvalue weighted by atomic mass is 10.1. The predicted molar refractivity (Wildman–Crippen MR) is 125 cm³/mol. The minimum absolute atomic E-state index is 0.116. The zero-order valence-electron chi connectivity index (χ0n) is 15.6. The molecule has 2 N–H and O–H groups in total. The molecule has 7 nitrogen and oxygen atoms in total. The average Bonchev–Trinajstić information content (AvgIpc) is 2.69. The van der Waals surface area contributed by atoms with Crippen LogP contribution in [0.5, 0.6) is 0 Å². The fraction of sp³-hybridized carbons (Fsp3) is 0.0526. The summed E-state index contributed by atoms with van der Waals surface area (Å²) < 4.78 is 0. The molecule has 2 aromatic heterocycles. The number of nitrogens with zero attached hydrogens (tertiary/aromatic N) is 6. The number of rotatable bonds is 2. The fourth-order valence-corrected chi connectivity index (χ4v) is 2.83. The Morgan fingerprint density at radius 3 is 1.65 bits per heavy atom. The molecule has 0 aliphatic rings. The lowest BCUT2D eigenvalue weighted by Gasteiger charge is -2.00. The first kappa shape index (κ1) is 25.0. The minimum Gasteiger partial charge on any atom is -0.399 e. The van der Waals surface area contributed by atoms with Gasteiger partial charge in [0.15, 0.2) is 0 Å². The van der Waals surface area contributed by atoms with Crippen LogP contribution in [-0.4, -0.2) is 29.9 Å². The molecule has 2 heterocycles. The second-order valence-electron chi connectivity index (χ2n) is 5.56. The van der Waals surface area contributed by atoms with Crippen molar-refractivity contribution in [3.8, 4) is 0 Å². The quantitative estimate of drug-likeness (QED) is 0.332. The van der Waals surface area contributed by atoms with Gasteiger partial charge in [0.1, 0.15) is 18.5 Å². The number of nitrogens with two attached hydrogens (primary N) is 1. The van der Waals surface area contributed by atoms with Gasteiger partial charge in [-0.25, -0.2) is 24.9 Å². The van der Waals surface area contributed by atoms with Crippen molar-refractivity contribution in [2.45, 2.75) is 6.42 Å². The molecule has 0 aliphatic carbocycles. The molecular formula is C19H14Cl5N7. The van der Waals surface area contributed by atoms with E-state index in [4.69, 9.17) is 63.7 Å². The highest BCUT2D eigenvalue weighted by Crippen LogP contribution is 2.13. The van der Waals surface area contributed by atoms with Crippen LogP contribution in [-0.2, 0) is 6.42 Å². The van der Waals surface area contributed by atoms with Gasteiger partial charge in [0.2, 0.25) is 15.9 Å². The normalized spacial score (nSPS) is 9.71. The summed E-state index contributed by atoms with van der Waals surface area (Å²) in [6.45, 7) is 0. The molecule has 160 valence electrons. The van der Waals surface area contributed by atoms with Crippen molar-refractivity contribution in [1.82, 2.24) is 29.9 Å². The number of anilines is 1. The summed E-state index contributed by atoms with van der Waals surface area (Å²) >= 11 is 27.7. The number of hydrogen-bond donors (Lipinski definition) is 1. The van der Waals surface area contributed by atoms with Crippen LogP contribution in [0.2, 0.25) is 25.9 Å². The molecule has 2 aromatic carbocycles. The van der Waals surface area contributed by atoms with E-state index in [-0.39, 0.29) is 15.9 Å². The second kappa shape index (κ2) is 13.2. The molecular weight excluding hydrogens is 504 g/mol. The van der Waals surface area contributed by atoms with Gasteiger partial charge in [0.25, 0.3) is 0 Å². The molecule has 0 atom stereocenters. The number of benzene rings is 2. The third kappa shape index (κ3) is 10.5. The highest BCUT2D eigenvalue weighted by molar-refractivity contribution is 6.31. The standard InChI is InChI=1S/C10H7Cl2N3.C6H6ClN.C3HCl2N3/c11-8-3-1-2-7(4-8)5-9-13-6-14-10(12)15-9;7-5-2-1-3-6(8)4-5;4-2-6-1-7-3(5)8-2/h1-4,6H,5H2;1-4H,8H2;1H. The summed E-state index contributed by atoms with van der Waals surface area (Å²) in [6.07, 6.45) is 3.25. The predicted octanol–water partition coefficient (Wildman–Crippen LogP) is 5.87. The Kier molecular flexibility index (Phi) is 10.6. The molecule has 0 radical (unpaired) electrons. The molecule has 31 heavy (non-hydrogen) atoms. The minimum atomic E-state index is 0.116. The first-order chi connectivity index (χ1) is 14.8. The molecule has 0 spiro atoms. The van der Waals surface area contributed by atoms with Crippen molar-refractivity contribution in [2.24, 2.45) is 0 Å². The molecule has 0 saturated carbocycles. The Morgan fingerprint density at radius 2 is 1.19 bits per heavy atom. The lowest BCUT2D eigenvalue weighted by molar-refractivity contribution is 0.918.